The molecule has 1 N–H and O–H groups in total. The SMILES string of the molecule is COCC(C)Nc1ncnc(N2CCCCCC2)c1[N+](=O)[O-]. The average Bonchev–Trinajstić information content (AvgIpc) is 2.76. The van der Waals surface area contributed by atoms with Crippen molar-refractivity contribution in [2.75, 3.05) is 37.0 Å². The molecule has 1 aromatic rings. The summed E-state index contributed by atoms with van der Waals surface area (Å²) in [5, 5.41) is 14.6. The molecule has 0 bridgehead atoms. The second kappa shape index (κ2) is 7.88. The molecule has 1 unspecified atom stereocenters. The highest BCUT2D eigenvalue weighted by Gasteiger charge is 2.28. The number of methoxy groups -OCH3 is 1. The van der Waals surface area contributed by atoms with Gasteiger partial charge in [0, 0.05) is 26.2 Å². The summed E-state index contributed by atoms with van der Waals surface area (Å²) in [5.74, 6) is 0.665. The summed E-state index contributed by atoms with van der Waals surface area (Å²) in [4.78, 5) is 21.4. The van der Waals surface area contributed by atoms with E-state index in [0.717, 1.165) is 38.8 Å². The van der Waals surface area contributed by atoms with Gasteiger partial charge in [-0.1, -0.05) is 12.8 Å². The molecule has 1 saturated heterocycles. The van der Waals surface area contributed by atoms with Crippen LogP contribution >= 0.6 is 0 Å². The maximum Gasteiger partial charge on any atom is 0.353 e. The monoisotopic (exact) mass is 309 g/mol. The predicted octanol–water partition coefficient (Wildman–Crippen LogP) is 2.21. The number of nitrogens with zero attached hydrogens (tertiary/aromatic N) is 4. The summed E-state index contributed by atoms with van der Waals surface area (Å²) in [6.45, 7) is 3.93. The highest BCUT2D eigenvalue weighted by atomic mass is 16.6. The Morgan fingerprint density at radius 3 is 2.64 bits per heavy atom. The van der Waals surface area contributed by atoms with E-state index >= 15 is 0 Å². The van der Waals surface area contributed by atoms with Crippen molar-refractivity contribution < 1.29 is 9.66 Å². The van der Waals surface area contributed by atoms with Crippen LogP contribution in [-0.2, 0) is 4.74 Å². The van der Waals surface area contributed by atoms with Gasteiger partial charge in [-0.3, -0.25) is 10.1 Å². The summed E-state index contributed by atoms with van der Waals surface area (Å²) in [7, 11) is 1.59. The zero-order valence-corrected chi connectivity index (χ0v) is 13.1. The minimum absolute atomic E-state index is 0.0487. The molecule has 0 saturated carbocycles. The van der Waals surface area contributed by atoms with E-state index in [2.05, 4.69) is 15.3 Å². The van der Waals surface area contributed by atoms with E-state index in [1.165, 1.54) is 6.33 Å². The molecule has 2 rings (SSSR count). The Kier molecular flexibility index (Phi) is 5.88. The van der Waals surface area contributed by atoms with Crippen molar-refractivity contribution in [2.45, 2.75) is 38.6 Å². The van der Waals surface area contributed by atoms with Crippen molar-refractivity contribution in [3.8, 4) is 0 Å². The molecule has 0 amide bonds. The van der Waals surface area contributed by atoms with E-state index in [1.54, 1.807) is 7.11 Å². The van der Waals surface area contributed by atoms with Crippen LogP contribution < -0.4 is 10.2 Å². The Morgan fingerprint density at radius 1 is 1.36 bits per heavy atom. The zero-order valence-electron chi connectivity index (χ0n) is 13.1. The average molecular weight is 309 g/mol. The van der Waals surface area contributed by atoms with Crippen LogP contribution in [0.3, 0.4) is 0 Å². The summed E-state index contributed by atoms with van der Waals surface area (Å²) in [6, 6.07) is -0.0735. The normalized spacial score (nSPS) is 16.9. The lowest BCUT2D eigenvalue weighted by molar-refractivity contribution is -0.383. The number of anilines is 2. The molecule has 1 atom stereocenters. The van der Waals surface area contributed by atoms with E-state index in [1.807, 2.05) is 11.8 Å². The van der Waals surface area contributed by atoms with E-state index in [9.17, 15) is 10.1 Å². The van der Waals surface area contributed by atoms with Crippen LogP contribution in [-0.4, -0.2) is 47.7 Å². The van der Waals surface area contributed by atoms with Crippen LogP contribution in [0.15, 0.2) is 6.33 Å². The number of aromatic nitrogens is 2. The summed E-state index contributed by atoms with van der Waals surface area (Å²) < 4.78 is 5.05. The number of hydrogen-bond acceptors (Lipinski definition) is 7. The van der Waals surface area contributed by atoms with Gasteiger partial charge in [-0.15, -0.1) is 0 Å². The maximum atomic E-state index is 11.5. The van der Waals surface area contributed by atoms with Crippen molar-refractivity contribution in [1.29, 1.82) is 0 Å². The topological polar surface area (TPSA) is 93.4 Å². The number of hydrogen-bond donors (Lipinski definition) is 1. The third-order valence-corrected chi connectivity index (χ3v) is 3.69. The van der Waals surface area contributed by atoms with E-state index in [0.29, 0.717) is 12.4 Å². The molecule has 0 spiro atoms. The van der Waals surface area contributed by atoms with E-state index < -0.39 is 4.92 Å². The van der Waals surface area contributed by atoms with Crippen molar-refractivity contribution in [3.63, 3.8) is 0 Å². The largest absolute Gasteiger partial charge is 0.383 e. The molecule has 8 heteroatoms. The zero-order chi connectivity index (χ0) is 15.9. The van der Waals surface area contributed by atoms with Crippen molar-refractivity contribution in [1.82, 2.24) is 9.97 Å². The molecule has 122 valence electrons. The smallest absolute Gasteiger partial charge is 0.353 e. The second-order valence-electron chi connectivity index (χ2n) is 5.55. The molecular formula is C14H23N5O3. The standard InChI is InChI=1S/C14H23N5O3/c1-11(9-22-2)17-13-12(19(20)21)14(16-10-15-13)18-7-5-3-4-6-8-18/h10-11H,3-9H2,1-2H3,(H,15,16,17). The fraction of sp³-hybridized carbons (Fsp3) is 0.714. The minimum atomic E-state index is -0.401. The van der Waals surface area contributed by atoms with Crippen LogP contribution in [0.2, 0.25) is 0 Å². The summed E-state index contributed by atoms with van der Waals surface area (Å²) >= 11 is 0. The molecule has 0 radical (unpaired) electrons. The summed E-state index contributed by atoms with van der Waals surface area (Å²) in [6.07, 6.45) is 5.76. The number of rotatable bonds is 6. The Hall–Kier alpha value is -1.96. The van der Waals surface area contributed by atoms with Gasteiger partial charge in [-0.25, -0.2) is 9.97 Å². The molecule has 0 aliphatic carbocycles. The Bertz CT molecular complexity index is 503. The van der Waals surface area contributed by atoms with Crippen molar-refractivity contribution in [3.05, 3.63) is 16.4 Å². The molecule has 2 heterocycles. The van der Waals surface area contributed by atoms with Gasteiger partial charge in [-0.05, 0) is 19.8 Å². The van der Waals surface area contributed by atoms with E-state index in [-0.39, 0.29) is 17.5 Å². The van der Waals surface area contributed by atoms with Crippen molar-refractivity contribution in [2.24, 2.45) is 0 Å². The lowest BCUT2D eigenvalue weighted by Crippen LogP contribution is -2.27. The third kappa shape index (κ3) is 4.03. The number of nitro groups is 1. The molecule has 22 heavy (non-hydrogen) atoms. The lowest BCUT2D eigenvalue weighted by atomic mass is 10.2. The van der Waals surface area contributed by atoms with Crippen LogP contribution in [0.4, 0.5) is 17.3 Å². The van der Waals surface area contributed by atoms with Crippen LogP contribution in [0, 0.1) is 10.1 Å². The quantitative estimate of drug-likeness (QED) is 0.636. The Morgan fingerprint density at radius 2 is 2.05 bits per heavy atom. The van der Waals surface area contributed by atoms with Gasteiger partial charge < -0.3 is 15.0 Å². The van der Waals surface area contributed by atoms with Crippen LogP contribution in [0.1, 0.15) is 32.6 Å². The third-order valence-electron chi connectivity index (χ3n) is 3.69. The maximum absolute atomic E-state index is 11.5. The van der Waals surface area contributed by atoms with Gasteiger partial charge in [0.1, 0.15) is 6.33 Å². The first-order chi connectivity index (χ1) is 10.6. The van der Waals surface area contributed by atoms with Crippen LogP contribution in [0.5, 0.6) is 0 Å². The minimum Gasteiger partial charge on any atom is -0.383 e. The predicted molar refractivity (Wildman–Crippen MR) is 84.3 cm³/mol. The fourth-order valence-corrected chi connectivity index (χ4v) is 2.68. The van der Waals surface area contributed by atoms with E-state index in [4.69, 9.17) is 4.74 Å². The van der Waals surface area contributed by atoms with Gasteiger partial charge in [0.2, 0.25) is 11.6 Å². The molecule has 1 aliphatic heterocycles. The first-order valence-electron chi connectivity index (χ1n) is 7.63. The number of nitrogens with one attached hydrogen (secondary N) is 1. The Labute approximate surface area is 130 Å². The fourth-order valence-electron chi connectivity index (χ4n) is 2.68. The molecule has 0 aromatic carbocycles. The van der Waals surface area contributed by atoms with Gasteiger partial charge in [-0.2, -0.15) is 0 Å². The first-order valence-corrected chi connectivity index (χ1v) is 7.63. The van der Waals surface area contributed by atoms with Gasteiger partial charge in [0.15, 0.2) is 0 Å². The molecule has 1 aromatic heterocycles. The number of ether oxygens (including phenoxy) is 1. The summed E-state index contributed by atoms with van der Waals surface area (Å²) in [5.41, 5.74) is -0.0487. The van der Waals surface area contributed by atoms with Gasteiger partial charge in [0.25, 0.3) is 0 Å². The van der Waals surface area contributed by atoms with Crippen LogP contribution in [0.25, 0.3) is 0 Å². The second-order valence-corrected chi connectivity index (χ2v) is 5.55. The molecule has 1 aliphatic rings. The lowest BCUT2D eigenvalue weighted by Gasteiger charge is -2.22. The molecule has 1 fully saturated rings. The molecule has 8 nitrogen and oxygen atoms in total. The van der Waals surface area contributed by atoms with Gasteiger partial charge in [0.05, 0.1) is 11.5 Å². The Balaban J connectivity index is 2.30. The molecular weight excluding hydrogens is 286 g/mol. The van der Waals surface area contributed by atoms with Gasteiger partial charge >= 0.3 is 5.69 Å². The highest BCUT2D eigenvalue weighted by molar-refractivity contribution is 5.70. The van der Waals surface area contributed by atoms with Crippen molar-refractivity contribution >= 4 is 17.3 Å². The first kappa shape index (κ1) is 16.4. The highest BCUT2D eigenvalue weighted by Crippen LogP contribution is 2.33.